The molecule has 2 fully saturated rings. The summed E-state index contributed by atoms with van der Waals surface area (Å²) in [5.41, 5.74) is 0. The van der Waals surface area contributed by atoms with Gasteiger partial charge in [0.05, 0.1) is 0 Å². The van der Waals surface area contributed by atoms with Gasteiger partial charge in [0.1, 0.15) is 0 Å². The van der Waals surface area contributed by atoms with Gasteiger partial charge >= 0.3 is 0 Å². The van der Waals surface area contributed by atoms with Crippen molar-refractivity contribution in [1.82, 2.24) is 4.90 Å². The van der Waals surface area contributed by atoms with Gasteiger partial charge in [-0.2, -0.15) is 0 Å². The standard InChI is InChI=1S/C13H25N.CH4/c1-9-5-11(3)13(7-9)14-8-10(2)6-12(14)4;/h9-13H,5-8H2,1-4H3;1H4. The lowest BCUT2D eigenvalue weighted by atomic mass is 10.0. The maximum atomic E-state index is 2.79. The van der Waals surface area contributed by atoms with E-state index >= 15 is 0 Å². The Bertz CT molecular complexity index is 180. The Kier molecular flexibility index (Phi) is 4.22. The van der Waals surface area contributed by atoms with Gasteiger partial charge < -0.3 is 0 Å². The number of rotatable bonds is 1. The van der Waals surface area contributed by atoms with Crippen LogP contribution in [0.1, 0.15) is 54.4 Å². The number of nitrogens with zero attached hydrogens (tertiary/aromatic N) is 1. The molecule has 1 heterocycles. The van der Waals surface area contributed by atoms with Gasteiger partial charge in [-0.15, -0.1) is 0 Å². The van der Waals surface area contributed by atoms with E-state index < -0.39 is 0 Å². The van der Waals surface area contributed by atoms with Crippen molar-refractivity contribution in [1.29, 1.82) is 0 Å². The van der Waals surface area contributed by atoms with E-state index in [1.165, 1.54) is 25.8 Å². The van der Waals surface area contributed by atoms with E-state index in [2.05, 4.69) is 32.6 Å². The summed E-state index contributed by atoms with van der Waals surface area (Å²) in [7, 11) is 0. The van der Waals surface area contributed by atoms with E-state index in [0.717, 1.165) is 29.8 Å². The SMILES string of the molecule is C.CC1CC(C)C(N2CC(C)CC2C)C1. The molecule has 2 aliphatic rings. The lowest BCUT2D eigenvalue weighted by Crippen LogP contribution is -2.39. The van der Waals surface area contributed by atoms with Crippen molar-refractivity contribution in [3.63, 3.8) is 0 Å². The number of hydrogen-bond donors (Lipinski definition) is 0. The lowest BCUT2D eigenvalue weighted by Gasteiger charge is -2.31. The van der Waals surface area contributed by atoms with Gasteiger partial charge in [0, 0.05) is 18.6 Å². The Morgan fingerprint density at radius 3 is 1.93 bits per heavy atom. The highest BCUT2D eigenvalue weighted by atomic mass is 15.2. The van der Waals surface area contributed by atoms with Crippen molar-refractivity contribution < 1.29 is 0 Å². The molecule has 1 saturated heterocycles. The molecule has 5 atom stereocenters. The highest BCUT2D eigenvalue weighted by molar-refractivity contribution is 4.92. The molecule has 15 heavy (non-hydrogen) atoms. The maximum Gasteiger partial charge on any atom is 0.0126 e. The average molecular weight is 211 g/mol. The fraction of sp³-hybridized carbons (Fsp3) is 1.00. The van der Waals surface area contributed by atoms with E-state index in [4.69, 9.17) is 0 Å². The van der Waals surface area contributed by atoms with E-state index in [9.17, 15) is 0 Å². The second kappa shape index (κ2) is 4.86. The molecule has 0 radical (unpaired) electrons. The van der Waals surface area contributed by atoms with Crippen LogP contribution in [0.25, 0.3) is 0 Å². The molecule has 0 N–H and O–H groups in total. The van der Waals surface area contributed by atoms with Crippen molar-refractivity contribution in [2.75, 3.05) is 6.54 Å². The summed E-state index contributed by atoms with van der Waals surface area (Å²) in [5.74, 6) is 2.81. The molecular weight excluding hydrogens is 182 g/mol. The molecule has 0 aromatic carbocycles. The molecule has 5 unspecified atom stereocenters. The first-order valence-corrected chi connectivity index (χ1v) is 6.33. The van der Waals surface area contributed by atoms with Crippen LogP contribution in [-0.2, 0) is 0 Å². The minimum Gasteiger partial charge on any atom is -0.297 e. The van der Waals surface area contributed by atoms with Gasteiger partial charge in [-0.25, -0.2) is 0 Å². The lowest BCUT2D eigenvalue weighted by molar-refractivity contribution is 0.156. The molecule has 1 nitrogen and oxygen atoms in total. The summed E-state index contributed by atoms with van der Waals surface area (Å²) in [4.78, 5) is 2.79. The second-order valence-corrected chi connectivity index (χ2v) is 6.01. The summed E-state index contributed by atoms with van der Waals surface area (Å²) >= 11 is 0. The van der Waals surface area contributed by atoms with Crippen molar-refractivity contribution in [3.05, 3.63) is 0 Å². The second-order valence-electron chi connectivity index (χ2n) is 6.01. The van der Waals surface area contributed by atoms with Gasteiger partial charge in [-0.3, -0.25) is 4.90 Å². The Balaban J connectivity index is 0.00000112. The molecule has 0 aromatic heterocycles. The molecular formula is C14H29N. The monoisotopic (exact) mass is 211 g/mol. The van der Waals surface area contributed by atoms with Gasteiger partial charge in [0.15, 0.2) is 0 Å². The van der Waals surface area contributed by atoms with Crippen molar-refractivity contribution >= 4 is 0 Å². The molecule has 1 heteroatoms. The first-order chi connectivity index (χ1) is 6.58. The molecule has 90 valence electrons. The van der Waals surface area contributed by atoms with Crippen LogP contribution < -0.4 is 0 Å². The maximum absolute atomic E-state index is 2.79. The third-order valence-electron chi connectivity index (χ3n) is 4.33. The summed E-state index contributed by atoms with van der Waals surface area (Å²) in [6, 6.07) is 1.73. The van der Waals surface area contributed by atoms with Crippen LogP contribution in [0.2, 0.25) is 0 Å². The van der Waals surface area contributed by atoms with E-state index in [0.29, 0.717) is 0 Å². The topological polar surface area (TPSA) is 3.24 Å². The largest absolute Gasteiger partial charge is 0.297 e. The van der Waals surface area contributed by atoms with Crippen molar-refractivity contribution in [2.45, 2.75) is 66.5 Å². The fourth-order valence-electron chi connectivity index (χ4n) is 3.79. The van der Waals surface area contributed by atoms with Gasteiger partial charge in [0.2, 0.25) is 0 Å². The molecule has 0 bridgehead atoms. The normalized spacial score (nSPS) is 46.8. The quantitative estimate of drug-likeness (QED) is 0.638. The van der Waals surface area contributed by atoms with Gasteiger partial charge in [0.25, 0.3) is 0 Å². The zero-order chi connectivity index (χ0) is 10.3. The van der Waals surface area contributed by atoms with Crippen molar-refractivity contribution in [2.24, 2.45) is 17.8 Å². The minimum absolute atomic E-state index is 0. The Morgan fingerprint density at radius 1 is 0.867 bits per heavy atom. The molecule has 1 saturated carbocycles. The van der Waals surface area contributed by atoms with E-state index in [-0.39, 0.29) is 7.43 Å². The first-order valence-electron chi connectivity index (χ1n) is 6.33. The Morgan fingerprint density at radius 2 is 1.53 bits per heavy atom. The van der Waals surface area contributed by atoms with Crippen LogP contribution in [0.4, 0.5) is 0 Å². The van der Waals surface area contributed by atoms with Crippen LogP contribution in [0, 0.1) is 17.8 Å². The summed E-state index contributed by atoms with van der Waals surface area (Å²) < 4.78 is 0. The number of likely N-dealkylation sites (tertiary alicyclic amines) is 1. The molecule has 0 aromatic rings. The van der Waals surface area contributed by atoms with Crippen LogP contribution >= 0.6 is 0 Å². The third-order valence-corrected chi connectivity index (χ3v) is 4.33. The van der Waals surface area contributed by atoms with Gasteiger partial charge in [-0.05, 0) is 43.9 Å². The molecule has 1 aliphatic carbocycles. The predicted octanol–water partition coefficient (Wildman–Crippen LogP) is 3.79. The van der Waals surface area contributed by atoms with Crippen molar-refractivity contribution in [3.8, 4) is 0 Å². The van der Waals surface area contributed by atoms with E-state index in [1.807, 2.05) is 0 Å². The highest BCUT2D eigenvalue weighted by Gasteiger charge is 2.38. The molecule has 0 amide bonds. The highest BCUT2D eigenvalue weighted by Crippen LogP contribution is 2.38. The Hall–Kier alpha value is -0.0400. The van der Waals surface area contributed by atoms with Crippen LogP contribution in [0.3, 0.4) is 0 Å². The minimum atomic E-state index is 0. The smallest absolute Gasteiger partial charge is 0.0126 e. The first kappa shape index (κ1) is 13.0. The van der Waals surface area contributed by atoms with Crippen LogP contribution in [-0.4, -0.2) is 23.5 Å². The zero-order valence-electron chi connectivity index (χ0n) is 10.2. The van der Waals surface area contributed by atoms with Gasteiger partial charge in [-0.1, -0.05) is 28.2 Å². The zero-order valence-corrected chi connectivity index (χ0v) is 10.2. The molecule has 1 aliphatic heterocycles. The van der Waals surface area contributed by atoms with Crippen LogP contribution in [0.15, 0.2) is 0 Å². The Labute approximate surface area is 96.2 Å². The summed E-state index contributed by atoms with van der Waals surface area (Å²) in [5, 5.41) is 0. The number of hydrogen-bond acceptors (Lipinski definition) is 1. The van der Waals surface area contributed by atoms with E-state index in [1.54, 1.807) is 0 Å². The predicted molar refractivity (Wildman–Crippen MR) is 68.0 cm³/mol. The average Bonchev–Trinajstić information content (AvgIpc) is 2.55. The summed E-state index contributed by atoms with van der Waals surface area (Å²) in [6.45, 7) is 11.0. The summed E-state index contributed by atoms with van der Waals surface area (Å²) in [6.07, 6.45) is 4.30. The third kappa shape index (κ3) is 2.55. The van der Waals surface area contributed by atoms with Crippen LogP contribution in [0.5, 0.6) is 0 Å². The fourth-order valence-corrected chi connectivity index (χ4v) is 3.79. The molecule has 2 rings (SSSR count). The molecule has 0 spiro atoms.